The zero-order chi connectivity index (χ0) is 60.9. The van der Waals surface area contributed by atoms with Gasteiger partial charge in [0.25, 0.3) is 0 Å². The van der Waals surface area contributed by atoms with E-state index in [1.807, 2.05) is 0 Å². The summed E-state index contributed by atoms with van der Waals surface area (Å²) in [4.78, 5) is 10.9. The van der Waals surface area contributed by atoms with Gasteiger partial charge >= 0.3 is 5.97 Å². The molecular weight excluding hydrogens is 1060 g/mol. The first-order valence-electron chi connectivity index (χ1n) is 37.3. The first-order chi connectivity index (χ1) is 42.3. The van der Waals surface area contributed by atoms with Gasteiger partial charge in [0.1, 0.15) is 6.61 Å². The van der Waals surface area contributed by atoms with Crippen molar-refractivity contribution in [2.24, 2.45) is 0 Å². The van der Waals surface area contributed by atoms with Crippen LogP contribution in [0.4, 0.5) is 0 Å². The van der Waals surface area contributed by atoms with Crippen molar-refractivity contribution in [3.63, 3.8) is 0 Å². The van der Waals surface area contributed by atoms with E-state index in [1.165, 1.54) is 321 Å². The van der Waals surface area contributed by atoms with Gasteiger partial charge in [0.2, 0.25) is 0 Å². The Morgan fingerprint density at radius 2 is 0.329 bits per heavy atom. The molecule has 0 N–H and O–H groups in total. The summed E-state index contributed by atoms with van der Waals surface area (Å²) in [5.41, 5.74) is 0. The number of rotatable bonds is 80. The summed E-state index contributed by atoms with van der Waals surface area (Å²) in [6.07, 6.45) is 75.3. The largest absolute Gasteiger partial charge is 0.460 e. The summed E-state index contributed by atoms with van der Waals surface area (Å²) >= 11 is 0. The Morgan fingerprint density at radius 1 is 0.200 bits per heavy atom. The number of carbonyl (C=O) groups excluding carboxylic acids is 1. The van der Waals surface area contributed by atoms with Crippen LogP contribution < -0.4 is 0 Å². The van der Waals surface area contributed by atoms with E-state index in [-0.39, 0.29) is 6.61 Å². The monoisotopic (exact) mass is 1210 g/mol. The molecule has 11 heteroatoms. The summed E-state index contributed by atoms with van der Waals surface area (Å²) in [7, 11) is 0. The summed E-state index contributed by atoms with van der Waals surface area (Å²) in [6.45, 7) is 15.4. The number of carbonyl (C=O) groups is 1. The van der Waals surface area contributed by atoms with Crippen molar-refractivity contribution >= 4 is 5.97 Å². The molecule has 0 aliphatic heterocycles. The van der Waals surface area contributed by atoms with Crippen LogP contribution in [0.25, 0.3) is 0 Å². The van der Waals surface area contributed by atoms with Crippen LogP contribution in [0.5, 0.6) is 0 Å². The Morgan fingerprint density at radius 3 is 0.482 bits per heavy atom. The predicted molar refractivity (Wildman–Crippen MR) is 360 cm³/mol. The summed E-state index contributed by atoms with van der Waals surface area (Å²) < 4.78 is 54.5. The molecule has 11 nitrogen and oxygen atoms in total. The standard InChI is InChI=1S/C74H146O11/c1-3-5-6-7-8-9-10-11-12-13-14-15-16-17-18-19-20-21-22-23-24-25-26-27-28-29-30-31-32-33-34-35-36-37-38-39-40-41-42-43-44-45-46-47-48-49-50-51-52-53-54-55-76-56-57-77-58-59-78-60-61-79-62-63-80-64-65-81-66-67-82-68-69-83-70-71-84-72-73-85-74(75)4-2/h4H,2-3,5-73H2,1H3. The molecule has 0 heterocycles. The quantitative estimate of drug-likeness (QED) is 0.0330. The van der Waals surface area contributed by atoms with E-state index < -0.39 is 5.97 Å². The molecule has 0 bridgehead atoms. The van der Waals surface area contributed by atoms with Crippen molar-refractivity contribution in [1.82, 2.24) is 0 Å². The second-order valence-corrected chi connectivity index (χ2v) is 24.6. The van der Waals surface area contributed by atoms with E-state index in [0.29, 0.717) is 112 Å². The highest BCUT2D eigenvalue weighted by Gasteiger charge is 2.02. The van der Waals surface area contributed by atoms with E-state index in [9.17, 15) is 4.79 Å². The van der Waals surface area contributed by atoms with Crippen LogP contribution in [0.1, 0.15) is 334 Å². The molecule has 0 aromatic carbocycles. The Bertz CT molecular complexity index is 1190. The lowest BCUT2D eigenvalue weighted by atomic mass is 10.0. The third-order valence-electron chi connectivity index (χ3n) is 16.5. The van der Waals surface area contributed by atoms with Crippen LogP contribution in [0, 0.1) is 0 Å². The molecule has 0 spiro atoms. The minimum Gasteiger partial charge on any atom is -0.460 e. The smallest absolute Gasteiger partial charge is 0.330 e. The minimum atomic E-state index is -0.452. The normalized spacial score (nSPS) is 11.6. The molecule has 0 aromatic heterocycles. The lowest BCUT2D eigenvalue weighted by Crippen LogP contribution is -2.15. The summed E-state index contributed by atoms with van der Waals surface area (Å²) in [5, 5.41) is 0. The number of unbranched alkanes of at least 4 members (excludes halogenated alkanes) is 50. The van der Waals surface area contributed by atoms with Gasteiger partial charge in [-0.1, -0.05) is 335 Å². The number of esters is 1. The molecule has 0 amide bonds. The molecule has 0 atom stereocenters. The fourth-order valence-electron chi connectivity index (χ4n) is 11.1. The predicted octanol–water partition coefficient (Wildman–Crippen LogP) is 20.8. The van der Waals surface area contributed by atoms with Gasteiger partial charge in [-0.05, 0) is 6.42 Å². The van der Waals surface area contributed by atoms with E-state index in [0.717, 1.165) is 19.1 Å². The molecule has 0 rings (SSSR count). The molecule has 0 unspecified atom stereocenters. The van der Waals surface area contributed by atoms with Gasteiger partial charge in [-0.2, -0.15) is 0 Å². The maximum absolute atomic E-state index is 10.9. The number of hydrogen-bond donors (Lipinski definition) is 0. The second kappa shape index (κ2) is 80.9. The van der Waals surface area contributed by atoms with Crippen LogP contribution >= 0.6 is 0 Å². The lowest BCUT2D eigenvalue weighted by Gasteiger charge is -2.09. The second-order valence-electron chi connectivity index (χ2n) is 24.6. The third-order valence-corrected chi connectivity index (χ3v) is 16.5. The maximum Gasteiger partial charge on any atom is 0.330 e. The topological polar surface area (TPSA) is 109 Å². The zero-order valence-corrected chi connectivity index (χ0v) is 56.8. The third kappa shape index (κ3) is 80.8. The Kier molecular flexibility index (Phi) is 79.8. The van der Waals surface area contributed by atoms with Crippen molar-refractivity contribution < 1.29 is 52.2 Å². The highest BCUT2D eigenvalue weighted by Crippen LogP contribution is 2.19. The van der Waals surface area contributed by atoms with E-state index in [1.54, 1.807) is 0 Å². The molecule has 85 heavy (non-hydrogen) atoms. The summed E-state index contributed by atoms with van der Waals surface area (Å²) in [5.74, 6) is -0.452. The van der Waals surface area contributed by atoms with Gasteiger partial charge in [-0.3, -0.25) is 0 Å². The molecule has 0 saturated carbocycles. The van der Waals surface area contributed by atoms with Crippen molar-refractivity contribution in [2.45, 2.75) is 334 Å². The summed E-state index contributed by atoms with van der Waals surface area (Å²) in [6, 6.07) is 0. The van der Waals surface area contributed by atoms with Gasteiger partial charge in [-0.15, -0.1) is 0 Å². The first-order valence-corrected chi connectivity index (χ1v) is 37.3. The Balaban J connectivity index is 3.09. The lowest BCUT2D eigenvalue weighted by molar-refractivity contribution is -0.139. The van der Waals surface area contributed by atoms with Gasteiger partial charge in [-0.25, -0.2) is 4.79 Å². The highest BCUT2D eigenvalue weighted by atomic mass is 16.6. The van der Waals surface area contributed by atoms with Crippen LogP contribution in [-0.4, -0.2) is 132 Å². The van der Waals surface area contributed by atoms with E-state index >= 15 is 0 Å². The molecule has 0 fully saturated rings. The van der Waals surface area contributed by atoms with Crippen molar-refractivity contribution in [1.29, 1.82) is 0 Å². The van der Waals surface area contributed by atoms with Crippen LogP contribution in [0.2, 0.25) is 0 Å². The van der Waals surface area contributed by atoms with Crippen molar-refractivity contribution in [3.05, 3.63) is 12.7 Å². The molecule has 0 radical (unpaired) electrons. The fourth-order valence-corrected chi connectivity index (χ4v) is 11.1. The average molecular weight is 1210 g/mol. The van der Waals surface area contributed by atoms with E-state index in [4.69, 9.17) is 47.4 Å². The van der Waals surface area contributed by atoms with Crippen LogP contribution in [0.15, 0.2) is 12.7 Å². The zero-order valence-electron chi connectivity index (χ0n) is 56.8. The van der Waals surface area contributed by atoms with Gasteiger partial charge in [0.05, 0.1) is 112 Å². The maximum atomic E-state index is 10.9. The molecule has 0 aliphatic rings. The molecule has 0 saturated heterocycles. The van der Waals surface area contributed by atoms with Gasteiger partial charge in [0, 0.05) is 12.7 Å². The van der Waals surface area contributed by atoms with Crippen LogP contribution in [0.3, 0.4) is 0 Å². The van der Waals surface area contributed by atoms with Crippen molar-refractivity contribution in [3.8, 4) is 0 Å². The number of hydrogen-bond acceptors (Lipinski definition) is 11. The fraction of sp³-hybridized carbons (Fsp3) is 0.959. The van der Waals surface area contributed by atoms with Gasteiger partial charge < -0.3 is 47.4 Å². The average Bonchev–Trinajstić information content (AvgIpc) is 3.51. The SMILES string of the molecule is C=CC(=O)OCCOCCOCCOCCOCCOCCOCCOCCOCCOCCCCCCCCCCCCCCCCCCCCCCCCCCCCCCCCCCCCCCCCCCCCCCCCCCCCC. The first kappa shape index (κ1) is 83.8. The van der Waals surface area contributed by atoms with Crippen LogP contribution in [-0.2, 0) is 52.2 Å². The van der Waals surface area contributed by atoms with E-state index in [2.05, 4.69) is 13.5 Å². The Labute approximate surface area is 528 Å². The molecule has 0 aromatic rings. The molecular formula is C74H146O11. The van der Waals surface area contributed by atoms with Crippen molar-refractivity contribution in [2.75, 3.05) is 126 Å². The minimum absolute atomic E-state index is 0.204. The van der Waals surface area contributed by atoms with Gasteiger partial charge in [0.15, 0.2) is 0 Å². The highest BCUT2D eigenvalue weighted by molar-refractivity contribution is 5.81. The molecule has 0 aliphatic carbocycles. The number of ether oxygens (including phenoxy) is 10. The molecule has 508 valence electrons. The Hall–Kier alpha value is -1.15.